The first-order chi connectivity index (χ1) is 8.75. The SMILES string of the molecule is CCn1ncnc1CC(NC)C1(CC)CCCC1. The molecule has 0 amide bonds. The molecule has 1 aromatic rings. The minimum Gasteiger partial charge on any atom is -0.316 e. The molecule has 0 spiro atoms. The molecule has 102 valence electrons. The summed E-state index contributed by atoms with van der Waals surface area (Å²) in [5.74, 6) is 1.12. The van der Waals surface area contributed by atoms with Crippen LogP contribution in [0, 0.1) is 5.41 Å². The minimum atomic E-state index is 0.471. The van der Waals surface area contributed by atoms with Gasteiger partial charge in [-0.3, -0.25) is 4.68 Å². The Labute approximate surface area is 110 Å². The zero-order valence-corrected chi connectivity index (χ0v) is 11.9. The van der Waals surface area contributed by atoms with Gasteiger partial charge in [0, 0.05) is 19.0 Å². The molecule has 1 aliphatic rings. The van der Waals surface area contributed by atoms with Crippen molar-refractivity contribution in [2.24, 2.45) is 5.41 Å². The van der Waals surface area contributed by atoms with Gasteiger partial charge in [-0.15, -0.1) is 0 Å². The number of rotatable bonds is 6. The average Bonchev–Trinajstić information content (AvgIpc) is 3.05. The van der Waals surface area contributed by atoms with Gasteiger partial charge in [0.05, 0.1) is 0 Å². The normalized spacial score (nSPS) is 20.2. The number of hydrogen-bond donors (Lipinski definition) is 1. The number of likely N-dealkylation sites (N-methyl/N-ethyl adjacent to an activating group) is 1. The highest BCUT2D eigenvalue weighted by molar-refractivity contribution is 4.99. The van der Waals surface area contributed by atoms with Gasteiger partial charge in [-0.1, -0.05) is 19.8 Å². The Hall–Kier alpha value is -0.900. The van der Waals surface area contributed by atoms with Crippen molar-refractivity contribution in [2.45, 2.75) is 65.0 Å². The van der Waals surface area contributed by atoms with Crippen LogP contribution in [0.5, 0.6) is 0 Å². The van der Waals surface area contributed by atoms with Gasteiger partial charge in [-0.25, -0.2) is 4.98 Å². The largest absolute Gasteiger partial charge is 0.316 e. The van der Waals surface area contributed by atoms with Crippen molar-refractivity contribution < 1.29 is 0 Å². The molecule has 1 fully saturated rings. The van der Waals surface area contributed by atoms with E-state index in [0.29, 0.717) is 11.5 Å². The van der Waals surface area contributed by atoms with Crippen LogP contribution in [0.2, 0.25) is 0 Å². The molecule has 0 radical (unpaired) electrons. The molecule has 4 nitrogen and oxygen atoms in total. The summed E-state index contributed by atoms with van der Waals surface area (Å²) in [5.41, 5.74) is 0.471. The molecule has 1 aliphatic carbocycles. The fourth-order valence-electron chi connectivity index (χ4n) is 3.55. The Morgan fingerprint density at radius 1 is 1.39 bits per heavy atom. The third kappa shape index (κ3) is 2.44. The Kier molecular flexibility index (Phi) is 4.38. The van der Waals surface area contributed by atoms with Gasteiger partial charge in [0.15, 0.2) is 0 Å². The zero-order valence-electron chi connectivity index (χ0n) is 11.9. The highest BCUT2D eigenvalue weighted by Crippen LogP contribution is 2.44. The summed E-state index contributed by atoms with van der Waals surface area (Å²) < 4.78 is 2.02. The van der Waals surface area contributed by atoms with Gasteiger partial charge in [0.25, 0.3) is 0 Å². The molecular formula is C14H26N4. The maximum absolute atomic E-state index is 4.42. The molecule has 1 saturated carbocycles. The maximum atomic E-state index is 4.42. The van der Waals surface area contributed by atoms with Crippen LogP contribution in [0.3, 0.4) is 0 Å². The van der Waals surface area contributed by atoms with E-state index in [2.05, 4.69) is 36.3 Å². The van der Waals surface area contributed by atoms with Crippen molar-refractivity contribution in [1.29, 1.82) is 0 Å². The van der Waals surface area contributed by atoms with Gasteiger partial charge < -0.3 is 5.32 Å². The second kappa shape index (κ2) is 5.83. The van der Waals surface area contributed by atoms with Gasteiger partial charge in [0.2, 0.25) is 0 Å². The standard InChI is InChI=1S/C14H26N4/c1-4-14(8-6-7-9-14)12(15-3)10-13-16-11-17-18(13)5-2/h11-12,15H,4-10H2,1-3H3. The van der Waals surface area contributed by atoms with Gasteiger partial charge in [0.1, 0.15) is 12.2 Å². The lowest BCUT2D eigenvalue weighted by Crippen LogP contribution is -2.44. The number of nitrogens with zero attached hydrogens (tertiary/aromatic N) is 3. The van der Waals surface area contributed by atoms with Crippen molar-refractivity contribution in [2.75, 3.05) is 7.05 Å². The summed E-state index contributed by atoms with van der Waals surface area (Å²) in [6.45, 7) is 5.36. The van der Waals surface area contributed by atoms with Crippen LogP contribution < -0.4 is 5.32 Å². The zero-order chi connectivity index (χ0) is 13.0. The summed E-state index contributed by atoms with van der Waals surface area (Å²) >= 11 is 0. The second-order valence-electron chi connectivity index (χ2n) is 5.46. The van der Waals surface area contributed by atoms with Crippen molar-refractivity contribution in [3.63, 3.8) is 0 Å². The minimum absolute atomic E-state index is 0.471. The molecule has 1 heterocycles. The molecule has 2 rings (SSSR count). The van der Waals surface area contributed by atoms with Gasteiger partial charge in [-0.05, 0) is 38.6 Å². The van der Waals surface area contributed by atoms with Crippen LogP contribution in [0.4, 0.5) is 0 Å². The lowest BCUT2D eigenvalue weighted by Gasteiger charge is -2.36. The molecule has 1 N–H and O–H groups in total. The smallest absolute Gasteiger partial charge is 0.138 e. The third-order valence-electron chi connectivity index (χ3n) is 4.77. The Bertz CT molecular complexity index is 366. The first-order valence-corrected chi connectivity index (χ1v) is 7.29. The highest BCUT2D eigenvalue weighted by atomic mass is 15.3. The summed E-state index contributed by atoms with van der Waals surface area (Å²) in [6, 6.07) is 0.527. The summed E-state index contributed by atoms with van der Waals surface area (Å²) in [4.78, 5) is 4.42. The quantitative estimate of drug-likeness (QED) is 0.843. The topological polar surface area (TPSA) is 42.7 Å². The van der Waals surface area contributed by atoms with Crippen molar-refractivity contribution >= 4 is 0 Å². The van der Waals surface area contributed by atoms with E-state index in [9.17, 15) is 0 Å². The summed E-state index contributed by atoms with van der Waals surface area (Å²) in [6.07, 6.45) is 9.42. The van der Waals surface area contributed by atoms with Crippen LogP contribution >= 0.6 is 0 Å². The van der Waals surface area contributed by atoms with Crippen molar-refractivity contribution in [3.05, 3.63) is 12.2 Å². The Balaban J connectivity index is 2.13. The van der Waals surface area contributed by atoms with Crippen LogP contribution in [-0.2, 0) is 13.0 Å². The van der Waals surface area contributed by atoms with Crippen LogP contribution in [0.1, 0.15) is 51.8 Å². The lowest BCUT2D eigenvalue weighted by atomic mass is 9.75. The first-order valence-electron chi connectivity index (χ1n) is 7.29. The Morgan fingerprint density at radius 3 is 2.67 bits per heavy atom. The molecule has 18 heavy (non-hydrogen) atoms. The number of aromatic nitrogens is 3. The van der Waals surface area contributed by atoms with Crippen molar-refractivity contribution in [3.8, 4) is 0 Å². The molecular weight excluding hydrogens is 224 g/mol. The molecule has 0 bridgehead atoms. The van der Waals surface area contributed by atoms with Gasteiger partial charge >= 0.3 is 0 Å². The molecule has 0 aromatic carbocycles. The van der Waals surface area contributed by atoms with Gasteiger partial charge in [-0.2, -0.15) is 5.10 Å². The molecule has 0 aliphatic heterocycles. The van der Waals surface area contributed by atoms with Crippen LogP contribution in [0.15, 0.2) is 6.33 Å². The highest BCUT2D eigenvalue weighted by Gasteiger charge is 2.39. The molecule has 1 unspecified atom stereocenters. The number of nitrogens with one attached hydrogen (secondary N) is 1. The number of hydrogen-bond acceptors (Lipinski definition) is 3. The number of aryl methyl sites for hydroxylation is 1. The third-order valence-corrected chi connectivity index (χ3v) is 4.77. The summed E-state index contributed by atoms with van der Waals surface area (Å²) in [5, 5.41) is 7.82. The second-order valence-corrected chi connectivity index (χ2v) is 5.46. The van der Waals surface area contributed by atoms with E-state index in [1.807, 2.05) is 4.68 Å². The molecule has 4 heteroatoms. The van der Waals surface area contributed by atoms with E-state index in [1.165, 1.54) is 32.1 Å². The van der Waals surface area contributed by atoms with E-state index in [4.69, 9.17) is 0 Å². The monoisotopic (exact) mass is 250 g/mol. The fraction of sp³-hybridized carbons (Fsp3) is 0.857. The molecule has 1 aromatic heterocycles. The first kappa shape index (κ1) is 13.5. The van der Waals surface area contributed by atoms with E-state index in [-0.39, 0.29) is 0 Å². The fourth-order valence-corrected chi connectivity index (χ4v) is 3.55. The lowest BCUT2D eigenvalue weighted by molar-refractivity contribution is 0.189. The van der Waals surface area contributed by atoms with E-state index < -0.39 is 0 Å². The Morgan fingerprint density at radius 2 is 2.11 bits per heavy atom. The molecule has 0 saturated heterocycles. The maximum Gasteiger partial charge on any atom is 0.138 e. The summed E-state index contributed by atoms with van der Waals surface area (Å²) in [7, 11) is 2.09. The average molecular weight is 250 g/mol. The van der Waals surface area contributed by atoms with Crippen LogP contribution in [-0.4, -0.2) is 27.9 Å². The predicted octanol–water partition coefficient (Wildman–Crippen LogP) is 2.40. The van der Waals surface area contributed by atoms with Crippen molar-refractivity contribution in [1.82, 2.24) is 20.1 Å². The molecule has 1 atom stereocenters. The van der Waals surface area contributed by atoms with E-state index in [0.717, 1.165) is 18.8 Å². The van der Waals surface area contributed by atoms with E-state index in [1.54, 1.807) is 6.33 Å². The van der Waals surface area contributed by atoms with E-state index >= 15 is 0 Å². The van der Waals surface area contributed by atoms with Crippen LogP contribution in [0.25, 0.3) is 0 Å². The predicted molar refractivity (Wildman–Crippen MR) is 73.4 cm³/mol.